The van der Waals surface area contributed by atoms with Gasteiger partial charge in [0, 0.05) is 14.5 Å². The number of anilines is 1. The maximum absolute atomic E-state index is 13.3. The number of hydrogen-bond acceptors (Lipinski definition) is 1. The Balaban J connectivity index is 2.04. The number of rotatable bonds is 1. The van der Waals surface area contributed by atoms with E-state index in [9.17, 15) is 4.39 Å². The second-order valence-corrected chi connectivity index (χ2v) is 6.10. The molecule has 0 aromatic heterocycles. The molecule has 2 nitrogen and oxygen atoms in total. The van der Waals surface area contributed by atoms with E-state index in [1.165, 1.54) is 12.1 Å². The fraction of sp³-hybridized carbons (Fsp3) is 0.0714. The lowest BCUT2D eigenvalue weighted by Gasteiger charge is -2.19. The van der Waals surface area contributed by atoms with Crippen LogP contribution in [0.5, 0.6) is 0 Å². The van der Waals surface area contributed by atoms with Crippen molar-refractivity contribution in [3.63, 3.8) is 0 Å². The van der Waals surface area contributed by atoms with Gasteiger partial charge in [-0.2, -0.15) is 0 Å². The molecule has 1 N–H and O–H groups in total. The maximum atomic E-state index is 13.3. The SMILES string of the molecule is N=C1c2cc(F)ccc2CN1c1ccc(Br)cc1Br. The molecule has 0 spiro atoms. The van der Waals surface area contributed by atoms with Gasteiger partial charge < -0.3 is 4.90 Å². The summed E-state index contributed by atoms with van der Waals surface area (Å²) < 4.78 is 15.1. The molecule has 5 heteroatoms. The Morgan fingerprint density at radius 3 is 2.63 bits per heavy atom. The van der Waals surface area contributed by atoms with Crippen LogP contribution in [0.3, 0.4) is 0 Å². The first-order chi connectivity index (χ1) is 9.06. The van der Waals surface area contributed by atoms with Crippen LogP contribution in [-0.4, -0.2) is 5.84 Å². The lowest BCUT2D eigenvalue weighted by atomic mass is 10.1. The van der Waals surface area contributed by atoms with Crippen molar-refractivity contribution in [3.8, 4) is 0 Å². The molecule has 0 saturated carbocycles. The van der Waals surface area contributed by atoms with E-state index in [1.54, 1.807) is 6.07 Å². The molecule has 0 fully saturated rings. The third kappa shape index (κ3) is 2.21. The van der Waals surface area contributed by atoms with Crippen LogP contribution in [0.4, 0.5) is 10.1 Å². The molecule has 1 aliphatic heterocycles. The molecule has 96 valence electrons. The van der Waals surface area contributed by atoms with Gasteiger partial charge in [-0.1, -0.05) is 22.0 Å². The van der Waals surface area contributed by atoms with Gasteiger partial charge in [0.15, 0.2) is 0 Å². The monoisotopic (exact) mass is 382 g/mol. The summed E-state index contributed by atoms with van der Waals surface area (Å²) in [6, 6.07) is 10.4. The number of amidine groups is 1. The predicted molar refractivity (Wildman–Crippen MR) is 81.3 cm³/mol. The molecule has 0 unspecified atom stereocenters. The highest BCUT2D eigenvalue weighted by Gasteiger charge is 2.26. The normalized spacial score (nSPS) is 13.8. The van der Waals surface area contributed by atoms with Crippen molar-refractivity contribution in [2.75, 3.05) is 4.90 Å². The number of nitrogens with one attached hydrogen (secondary N) is 1. The smallest absolute Gasteiger partial charge is 0.133 e. The molecule has 2 aromatic carbocycles. The minimum absolute atomic E-state index is 0.305. The zero-order valence-corrected chi connectivity index (χ0v) is 12.9. The molecule has 0 amide bonds. The van der Waals surface area contributed by atoms with E-state index in [0.29, 0.717) is 17.9 Å². The second-order valence-electron chi connectivity index (χ2n) is 4.33. The third-order valence-electron chi connectivity index (χ3n) is 3.13. The van der Waals surface area contributed by atoms with E-state index in [-0.39, 0.29) is 5.82 Å². The Bertz CT molecular complexity index is 685. The summed E-state index contributed by atoms with van der Waals surface area (Å²) in [5.41, 5.74) is 2.54. The molecule has 0 aliphatic carbocycles. The Morgan fingerprint density at radius 2 is 1.89 bits per heavy atom. The third-order valence-corrected chi connectivity index (χ3v) is 4.25. The fourth-order valence-electron chi connectivity index (χ4n) is 2.21. The molecule has 1 aliphatic rings. The highest BCUT2D eigenvalue weighted by atomic mass is 79.9. The van der Waals surface area contributed by atoms with Crippen molar-refractivity contribution in [3.05, 3.63) is 62.3 Å². The molecule has 3 rings (SSSR count). The van der Waals surface area contributed by atoms with Gasteiger partial charge in [0.2, 0.25) is 0 Å². The lowest BCUT2D eigenvalue weighted by molar-refractivity contribution is 0.627. The van der Waals surface area contributed by atoms with E-state index < -0.39 is 0 Å². The van der Waals surface area contributed by atoms with E-state index >= 15 is 0 Å². The molecular formula is C14H9Br2FN2. The first-order valence-corrected chi connectivity index (χ1v) is 7.25. The highest BCUT2D eigenvalue weighted by molar-refractivity contribution is 9.11. The average molecular weight is 384 g/mol. The summed E-state index contributed by atoms with van der Waals surface area (Å²) in [5, 5.41) is 8.20. The van der Waals surface area contributed by atoms with Gasteiger partial charge in [0.05, 0.1) is 12.2 Å². The number of halogens is 3. The van der Waals surface area contributed by atoms with Crippen LogP contribution in [0.15, 0.2) is 45.3 Å². The largest absolute Gasteiger partial charge is 0.321 e. The van der Waals surface area contributed by atoms with Gasteiger partial charge in [-0.25, -0.2) is 4.39 Å². The average Bonchev–Trinajstić information content (AvgIpc) is 2.67. The zero-order chi connectivity index (χ0) is 13.6. The fourth-order valence-corrected chi connectivity index (χ4v) is 3.47. The van der Waals surface area contributed by atoms with Crippen molar-refractivity contribution >= 4 is 43.4 Å². The minimum Gasteiger partial charge on any atom is -0.321 e. The van der Waals surface area contributed by atoms with Crippen LogP contribution >= 0.6 is 31.9 Å². The summed E-state index contributed by atoms with van der Waals surface area (Å²) in [5.74, 6) is 0.0257. The van der Waals surface area contributed by atoms with Crippen LogP contribution in [0.1, 0.15) is 11.1 Å². The predicted octanol–water partition coefficient (Wildman–Crippen LogP) is 4.70. The summed E-state index contributed by atoms with van der Waals surface area (Å²) in [4.78, 5) is 1.86. The molecule has 0 saturated heterocycles. The van der Waals surface area contributed by atoms with Gasteiger partial charge in [-0.15, -0.1) is 0 Å². The van der Waals surface area contributed by atoms with E-state index in [1.807, 2.05) is 23.1 Å². The molecule has 0 bridgehead atoms. The Hall–Kier alpha value is -1.20. The van der Waals surface area contributed by atoms with Gasteiger partial charge in [0.25, 0.3) is 0 Å². The van der Waals surface area contributed by atoms with E-state index in [4.69, 9.17) is 5.41 Å². The molecule has 2 aromatic rings. The quantitative estimate of drug-likeness (QED) is 0.759. The summed E-state index contributed by atoms with van der Waals surface area (Å²) >= 11 is 6.91. The highest BCUT2D eigenvalue weighted by Crippen LogP contribution is 2.35. The van der Waals surface area contributed by atoms with Crippen molar-refractivity contribution in [2.45, 2.75) is 6.54 Å². The zero-order valence-electron chi connectivity index (χ0n) is 9.75. The van der Waals surface area contributed by atoms with Crippen LogP contribution < -0.4 is 4.90 Å². The Kier molecular flexibility index (Phi) is 3.19. The topological polar surface area (TPSA) is 27.1 Å². The van der Waals surface area contributed by atoms with Crippen molar-refractivity contribution in [1.29, 1.82) is 5.41 Å². The molecule has 1 heterocycles. The van der Waals surface area contributed by atoms with Crippen molar-refractivity contribution in [1.82, 2.24) is 0 Å². The van der Waals surface area contributed by atoms with Crippen LogP contribution in [-0.2, 0) is 6.54 Å². The van der Waals surface area contributed by atoms with E-state index in [0.717, 1.165) is 20.2 Å². The maximum Gasteiger partial charge on any atom is 0.133 e. The summed E-state index contributed by atoms with van der Waals surface area (Å²) in [6.07, 6.45) is 0. The molecule has 0 radical (unpaired) electrons. The summed E-state index contributed by atoms with van der Waals surface area (Å²) in [7, 11) is 0. The Labute approximate surface area is 127 Å². The van der Waals surface area contributed by atoms with Gasteiger partial charge in [-0.05, 0) is 51.8 Å². The van der Waals surface area contributed by atoms with Crippen LogP contribution in [0.2, 0.25) is 0 Å². The standard InChI is InChI=1S/C14H9Br2FN2/c15-9-2-4-13(12(16)5-9)19-7-8-1-3-10(17)6-11(8)14(19)18/h1-6,18H,7H2. The molecule has 0 atom stereocenters. The van der Waals surface area contributed by atoms with Crippen molar-refractivity contribution in [2.24, 2.45) is 0 Å². The molecule has 19 heavy (non-hydrogen) atoms. The first kappa shape index (κ1) is 12.8. The van der Waals surface area contributed by atoms with Crippen LogP contribution in [0.25, 0.3) is 0 Å². The van der Waals surface area contributed by atoms with Gasteiger partial charge in [-0.3, -0.25) is 5.41 Å². The second kappa shape index (κ2) is 4.72. The lowest BCUT2D eigenvalue weighted by Crippen LogP contribution is -2.23. The van der Waals surface area contributed by atoms with Crippen molar-refractivity contribution < 1.29 is 4.39 Å². The molecular weight excluding hydrogens is 375 g/mol. The summed E-state index contributed by atoms with van der Waals surface area (Å²) in [6.45, 7) is 0.592. The minimum atomic E-state index is -0.305. The number of nitrogens with zero attached hydrogens (tertiary/aromatic N) is 1. The van der Waals surface area contributed by atoms with E-state index in [2.05, 4.69) is 31.9 Å². The van der Waals surface area contributed by atoms with Crippen LogP contribution in [0, 0.1) is 11.2 Å². The number of benzene rings is 2. The number of hydrogen-bond donors (Lipinski definition) is 1. The number of fused-ring (bicyclic) bond motifs is 1. The first-order valence-electron chi connectivity index (χ1n) is 5.66. The van der Waals surface area contributed by atoms with Gasteiger partial charge >= 0.3 is 0 Å². The Morgan fingerprint density at radius 1 is 1.11 bits per heavy atom. The van der Waals surface area contributed by atoms with Gasteiger partial charge in [0.1, 0.15) is 11.7 Å².